The van der Waals surface area contributed by atoms with Gasteiger partial charge in [0.15, 0.2) is 5.78 Å². The highest BCUT2D eigenvalue weighted by Crippen LogP contribution is 2.47. The number of nitrogens with zero attached hydrogens (tertiary/aromatic N) is 1. The molecule has 2 heterocycles. The van der Waals surface area contributed by atoms with Crippen molar-refractivity contribution in [1.82, 2.24) is 10.2 Å². The van der Waals surface area contributed by atoms with Crippen LogP contribution in [0.25, 0.3) is 0 Å². The van der Waals surface area contributed by atoms with Crippen molar-refractivity contribution in [3.63, 3.8) is 0 Å². The number of ketones is 1. The number of benzene rings is 2. The van der Waals surface area contributed by atoms with Crippen LogP contribution in [-0.4, -0.2) is 55.1 Å². The lowest BCUT2D eigenvalue weighted by Crippen LogP contribution is -2.40. The summed E-state index contributed by atoms with van der Waals surface area (Å²) in [5.74, 6) is -0.230. The van der Waals surface area contributed by atoms with E-state index in [0.29, 0.717) is 41.8 Å². The number of para-hydroxylation sites is 1. The Morgan fingerprint density at radius 1 is 1.14 bits per heavy atom. The highest BCUT2D eigenvalue weighted by Gasteiger charge is 2.42. The summed E-state index contributed by atoms with van der Waals surface area (Å²) < 4.78 is 11.6. The average molecular weight is 503 g/mol. The number of carbonyl (C=O) groups excluding carboxylic acids is 2. The van der Waals surface area contributed by atoms with E-state index in [1.165, 1.54) is 0 Å². The van der Waals surface area contributed by atoms with Gasteiger partial charge in [0.2, 0.25) is 0 Å². The Kier molecular flexibility index (Phi) is 7.07. The Hall–Kier alpha value is -3.58. The predicted molar refractivity (Wildman–Crippen MR) is 140 cm³/mol. The fraction of sp³-hybridized carbons (Fsp3) is 0.400. The van der Waals surface area contributed by atoms with E-state index >= 15 is 0 Å². The van der Waals surface area contributed by atoms with Gasteiger partial charge in [0.25, 0.3) is 0 Å². The zero-order chi connectivity index (χ0) is 26.1. The van der Waals surface area contributed by atoms with Crippen molar-refractivity contribution in [2.75, 3.05) is 27.2 Å². The molecule has 5 rings (SSSR count). The molecule has 2 aromatic carbocycles. The van der Waals surface area contributed by atoms with E-state index in [1.54, 1.807) is 25.3 Å². The summed E-state index contributed by atoms with van der Waals surface area (Å²) in [5.41, 5.74) is 4.19. The molecule has 0 amide bonds. The molecule has 7 nitrogen and oxygen atoms in total. The highest BCUT2D eigenvalue weighted by molar-refractivity contribution is 6.04. The number of esters is 1. The second kappa shape index (κ2) is 10.4. The van der Waals surface area contributed by atoms with Crippen LogP contribution in [0.15, 0.2) is 71.1 Å². The van der Waals surface area contributed by atoms with E-state index < -0.39 is 11.9 Å². The minimum Gasteiger partial charge on any atom is -0.508 e. The first-order valence-corrected chi connectivity index (χ1v) is 12.9. The van der Waals surface area contributed by atoms with E-state index in [1.807, 2.05) is 44.3 Å². The number of hydrogen-bond acceptors (Lipinski definition) is 7. The molecule has 2 aliphatic heterocycles. The van der Waals surface area contributed by atoms with Crippen molar-refractivity contribution in [3.8, 4) is 11.5 Å². The molecule has 2 N–H and O–H groups in total. The van der Waals surface area contributed by atoms with Crippen LogP contribution in [0.3, 0.4) is 0 Å². The molecule has 3 aliphatic rings. The molecule has 194 valence electrons. The predicted octanol–water partition coefficient (Wildman–Crippen LogP) is 4.40. The number of dihydropyridines is 1. The lowest BCUT2D eigenvalue weighted by atomic mass is 9.71. The van der Waals surface area contributed by atoms with Crippen LogP contribution in [0, 0.1) is 0 Å². The van der Waals surface area contributed by atoms with Crippen molar-refractivity contribution in [2.45, 2.75) is 50.5 Å². The molecule has 0 aromatic heterocycles. The number of aromatic hydroxyl groups is 1. The van der Waals surface area contributed by atoms with Gasteiger partial charge in [0.05, 0.1) is 12.7 Å². The normalized spacial score (nSPS) is 24.4. The van der Waals surface area contributed by atoms with Crippen LogP contribution in [-0.2, 0) is 14.3 Å². The summed E-state index contributed by atoms with van der Waals surface area (Å²) in [6, 6.07) is 14.6. The van der Waals surface area contributed by atoms with Crippen molar-refractivity contribution in [3.05, 3.63) is 82.2 Å². The molecule has 0 radical (unpaired) electrons. The zero-order valence-electron chi connectivity index (χ0n) is 21.6. The van der Waals surface area contributed by atoms with Gasteiger partial charge in [-0.05, 0) is 69.1 Å². The first kappa shape index (κ1) is 25.1. The van der Waals surface area contributed by atoms with Crippen molar-refractivity contribution in [2.24, 2.45) is 0 Å². The van der Waals surface area contributed by atoms with Crippen molar-refractivity contribution >= 4 is 11.8 Å². The molecular weight excluding hydrogens is 468 g/mol. The minimum atomic E-state index is -0.608. The molecule has 1 fully saturated rings. The Balaban J connectivity index is 1.53. The van der Waals surface area contributed by atoms with E-state index in [-0.39, 0.29) is 23.6 Å². The Morgan fingerprint density at radius 3 is 2.70 bits per heavy atom. The summed E-state index contributed by atoms with van der Waals surface area (Å²) in [7, 11) is 3.66. The zero-order valence-corrected chi connectivity index (χ0v) is 21.6. The maximum absolute atomic E-state index is 13.8. The number of ether oxygens (including phenoxy) is 2. The molecule has 0 bridgehead atoms. The molecule has 0 spiro atoms. The third-order valence-electron chi connectivity index (χ3n) is 7.68. The SMILES string of the molecule is COc1ccccc1[C@H]1CC(=O)C2=C(C1)NC(C)=C(C(=O)O[C@H]1CCCN(C)C1)[C@H]2c1cccc(O)c1. The fourth-order valence-electron chi connectivity index (χ4n) is 6.00. The van der Waals surface area contributed by atoms with Gasteiger partial charge in [-0.3, -0.25) is 4.79 Å². The third-order valence-corrected chi connectivity index (χ3v) is 7.68. The summed E-state index contributed by atoms with van der Waals surface area (Å²) in [5, 5.41) is 13.7. The van der Waals surface area contributed by atoms with Gasteiger partial charge in [-0.25, -0.2) is 4.79 Å². The molecule has 1 saturated heterocycles. The van der Waals surface area contributed by atoms with E-state index in [9.17, 15) is 14.7 Å². The largest absolute Gasteiger partial charge is 0.508 e. The Morgan fingerprint density at radius 2 is 1.95 bits per heavy atom. The molecule has 3 atom stereocenters. The highest BCUT2D eigenvalue weighted by atomic mass is 16.5. The van der Waals surface area contributed by atoms with Crippen LogP contribution < -0.4 is 10.1 Å². The number of phenols is 1. The quantitative estimate of drug-likeness (QED) is 0.586. The lowest BCUT2D eigenvalue weighted by Gasteiger charge is -2.37. The second-order valence-electron chi connectivity index (χ2n) is 10.3. The number of allylic oxidation sites excluding steroid dienone is 3. The molecule has 0 unspecified atom stereocenters. The molecule has 37 heavy (non-hydrogen) atoms. The number of rotatable bonds is 5. The number of carbonyl (C=O) groups is 2. The number of likely N-dealkylation sites (tertiary alicyclic amines) is 1. The number of likely N-dealkylation sites (N-methyl/N-ethyl adjacent to an activating group) is 1. The van der Waals surface area contributed by atoms with E-state index in [4.69, 9.17) is 9.47 Å². The molecule has 7 heteroatoms. The number of nitrogens with one attached hydrogen (secondary N) is 1. The van der Waals surface area contributed by atoms with Crippen LogP contribution in [0.5, 0.6) is 11.5 Å². The number of Topliss-reactive ketones (excluding diaryl/α,β-unsaturated/α-hetero) is 1. The van der Waals surface area contributed by atoms with Crippen LogP contribution in [0.4, 0.5) is 0 Å². The summed E-state index contributed by atoms with van der Waals surface area (Å²) in [4.78, 5) is 29.6. The first-order valence-electron chi connectivity index (χ1n) is 12.9. The van der Waals surface area contributed by atoms with Crippen LogP contribution in [0.1, 0.15) is 55.6 Å². The number of piperidine rings is 1. The average Bonchev–Trinajstić information content (AvgIpc) is 2.87. The number of hydrogen-bond donors (Lipinski definition) is 2. The molecule has 2 aromatic rings. The van der Waals surface area contributed by atoms with Gasteiger partial charge < -0.3 is 24.8 Å². The molecule has 0 saturated carbocycles. The monoisotopic (exact) mass is 502 g/mol. The first-order chi connectivity index (χ1) is 17.9. The minimum absolute atomic E-state index is 0.0202. The molecule has 1 aliphatic carbocycles. The second-order valence-corrected chi connectivity index (χ2v) is 10.3. The topological polar surface area (TPSA) is 88.1 Å². The molecular formula is C30H34N2O5. The van der Waals surface area contributed by atoms with Gasteiger partial charge in [0, 0.05) is 41.8 Å². The van der Waals surface area contributed by atoms with Crippen molar-refractivity contribution in [1.29, 1.82) is 0 Å². The number of methoxy groups -OCH3 is 1. The van der Waals surface area contributed by atoms with Crippen LogP contribution >= 0.6 is 0 Å². The number of phenolic OH excluding ortho intramolecular Hbond substituents is 1. The van der Waals surface area contributed by atoms with E-state index in [2.05, 4.69) is 10.2 Å². The Bertz CT molecular complexity index is 1280. The maximum Gasteiger partial charge on any atom is 0.337 e. The van der Waals surface area contributed by atoms with Gasteiger partial charge in [-0.15, -0.1) is 0 Å². The van der Waals surface area contributed by atoms with Gasteiger partial charge in [0.1, 0.15) is 17.6 Å². The van der Waals surface area contributed by atoms with Crippen molar-refractivity contribution < 1.29 is 24.2 Å². The van der Waals surface area contributed by atoms with Gasteiger partial charge in [-0.2, -0.15) is 0 Å². The van der Waals surface area contributed by atoms with Crippen LogP contribution in [0.2, 0.25) is 0 Å². The standard InChI is InChI=1S/C30H34N2O5/c1-18-27(30(35)37-22-10-7-13-32(2)17-22)28(19-8-6-9-21(33)14-19)29-24(31-18)15-20(16-25(29)34)23-11-4-5-12-26(23)36-3/h4-6,8-9,11-12,14,20,22,28,31,33H,7,10,13,15-17H2,1-3H3/t20-,22+,28-/m1/s1. The van der Waals surface area contributed by atoms with Gasteiger partial charge in [-0.1, -0.05) is 30.3 Å². The third kappa shape index (κ3) is 5.01. The Labute approximate surface area is 217 Å². The van der Waals surface area contributed by atoms with E-state index in [0.717, 1.165) is 36.4 Å². The summed E-state index contributed by atoms with van der Waals surface area (Å²) in [6.07, 6.45) is 2.53. The fourth-order valence-corrected chi connectivity index (χ4v) is 6.00. The van der Waals surface area contributed by atoms with Gasteiger partial charge >= 0.3 is 5.97 Å². The smallest absolute Gasteiger partial charge is 0.337 e. The maximum atomic E-state index is 13.8. The lowest BCUT2D eigenvalue weighted by molar-refractivity contribution is -0.147. The summed E-state index contributed by atoms with van der Waals surface area (Å²) in [6.45, 7) is 3.54. The summed E-state index contributed by atoms with van der Waals surface area (Å²) >= 11 is 0.